The molecule has 0 aliphatic heterocycles. The number of ether oxygens (including phenoxy) is 4. The van der Waals surface area contributed by atoms with E-state index in [1.807, 2.05) is 0 Å². The average Bonchev–Trinajstić information content (AvgIpc) is 3.62. The summed E-state index contributed by atoms with van der Waals surface area (Å²) in [5, 5.41) is 0. The van der Waals surface area contributed by atoms with E-state index >= 15 is 0 Å². The molecule has 1 saturated carbocycles. The van der Waals surface area contributed by atoms with Gasteiger partial charge in [-0.3, -0.25) is 9.59 Å². The van der Waals surface area contributed by atoms with Crippen molar-refractivity contribution < 1.29 is 28.5 Å². The molecule has 36 heavy (non-hydrogen) atoms. The Morgan fingerprint density at radius 2 is 1.08 bits per heavy atom. The molecule has 0 spiro atoms. The Hall–Kier alpha value is -1.18. The molecule has 3 unspecified atom stereocenters. The van der Waals surface area contributed by atoms with Crippen LogP contribution < -0.4 is 0 Å². The largest absolute Gasteiger partial charge is 0.469 e. The van der Waals surface area contributed by atoms with E-state index in [0.717, 1.165) is 50.5 Å². The molecule has 7 heteroatoms. The highest BCUT2D eigenvalue weighted by Crippen LogP contribution is 2.45. The number of carbonyl (C=O) groups excluding carboxylic acids is 2. The molecule has 1 aliphatic carbocycles. The van der Waals surface area contributed by atoms with Gasteiger partial charge in [0.2, 0.25) is 0 Å². The van der Waals surface area contributed by atoms with Crippen molar-refractivity contribution in [1.29, 1.82) is 0 Å². The van der Waals surface area contributed by atoms with Gasteiger partial charge in [-0.25, -0.2) is 0 Å². The average molecular weight is 514 g/mol. The Morgan fingerprint density at radius 3 is 1.58 bits per heavy atom. The molecule has 1 fully saturated rings. The van der Waals surface area contributed by atoms with E-state index in [9.17, 15) is 9.59 Å². The van der Waals surface area contributed by atoms with Gasteiger partial charge >= 0.3 is 11.9 Å². The summed E-state index contributed by atoms with van der Waals surface area (Å²) >= 11 is 0. The molecule has 0 aromatic heterocycles. The smallest absolute Gasteiger partial charge is 0.305 e. The van der Waals surface area contributed by atoms with Gasteiger partial charge in [0.25, 0.3) is 0 Å². The first kappa shape index (κ1) is 32.8. The first-order valence-corrected chi connectivity index (χ1v) is 14.4. The molecule has 0 radical (unpaired) electrons. The topological polar surface area (TPSA) is 74.3 Å². The number of carbonyl (C=O) groups is 2. The molecule has 0 aromatic carbocycles. The van der Waals surface area contributed by atoms with Crippen molar-refractivity contribution in [2.24, 2.45) is 11.8 Å². The highest BCUT2D eigenvalue weighted by atomic mass is 16.5. The van der Waals surface area contributed by atoms with Gasteiger partial charge in [-0.05, 0) is 58.0 Å². The second-order valence-electron chi connectivity index (χ2n) is 10.6. The molecule has 0 N–H and O–H groups in total. The standard InChI is InChI=1S/C29H55NO6/c1-30(2)27(24-36-21-15-13-19-29(32)34-4)23-35-20-14-8-6-5-7-10-16-25-22-26(25)17-11-9-12-18-28(31)33-3/h25-27H,5-24H2,1-4H3. The number of methoxy groups -OCH3 is 2. The highest BCUT2D eigenvalue weighted by Gasteiger charge is 2.35. The molecule has 7 nitrogen and oxygen atoms in total. The molecule has 0 saturated heterocycles. The van der Waals surface area contributed by atoms with E-state index in [2.05, 4.69) is 28.5 Å². The first-order chi connectivity index (χ1) is 17.5. The third-order valence-corrected chi connectivity index (χ3v) is 7.36. The van der Waals surface area contributed by atoms with Gasteiger partial charge in [0.15, 0.2) is 0 Å². The molecular formula is C29H55NO6. The molecule has 1 aliphatic rings. The number of likely N-dealkylation sites (N-methyl/N-ethyl adjacent to an activating group) is 1. The predicted molar refractivity (Wildman–Crippen MR) is 144 cm³/mol. The second kappa shape index (κ2) is 21.9. The van der Waals surface area contributed by atoms with E-state index in [1.54, 1.807) is 0 Å². The molecule has 212 valence electrons. The van der Waals surface area contributed by atoms with E-state index in [1.165, 1.54) is 72.0 Å². The van der Waals surface area contributed by atoms with E-state index in [-0.39, 0.29) is 18.0 Å². The number of unbranched alkanes of at least 4 members (excludes halogenated alkanes) is 8. The van der Waals surface area contributed by atoms with Crippen molar-refractivity contribution in [2.45, 2.75) is 109 Å². The lowest BCUT2D eigenvalue weighted by Crippen LogP contribution is -2.37. The monoisotopic (exact) mass is 513 g/mol. The minimum atomic E-state index is -0.154. The van der Waals surface area contributed by atoms with Crippen LogP contribution in [0, 0.1) is 11.8 Å². The van der Waals surface area contributed by atoms with E-state index < -0.39 is 0 Å². The first-order valence-electron chi connectivity index (χ1n) is 14.4. The van der Waals surface area contributed by atoms with Crippen molar-refractivity contribution in [3.8, 4) is 0 Å². The van der Waals surface area contributed by atoms with Crippen molar-refractivity contribution >= 4 is 11.9 Å². The lowest BCUT2D eigenvalue weighted by Gasteiger charge is -2.24. The molecule has 0 bridgehead atoms. The van der Waals surface area contributed by atoms with Crippen LogP contribution in [0.1, 0.15) is 103 Å². The molecular weight excluding hydrogens is 458 g/mol. The van der Waals surface area contributed by atoms with Gasteiger partial charge in [0.05, 0.1) is 33.5 Å². The number of hydrogen-bond acceptors (Lipinski definition) is 7. The zero-order chi connectivity index (χ0) is 26.4. The van der Waals surface area contributed by atoms with Crippen molar-refractivity contribution in [3.05, 3.63) is 0 Å². The second-order valence-corrected chi connectivity index (χ2v) is 10.6. The van der Waals surface area contributed by atoms with Crippen LogP contribution in [-0.2, 0) is 28.5 Å². The molecule has 1 rings (SSSR count). The third kappa shape index (κ3) is 18.1. The summed E-state index contributed by atoms with van der Waals surface area (Å²) in [6.07, 6.45) is 18.1. The van der Waals surface area contributed by atoms with Crippen molar-refractivity contribution in [2.75, 3.05) is 54.7 Å². The molecule has 3 atom stereocenters. The SMILES string of the molecule is COC(=O)CCCCCC1CC1CCCCCCCCOCC(COCCCCC(=O)OC)N(C)C. The predicted octanol–water partition coefficient (Wildman–Crippen LogP) is 5.78. The van der Waals surface area contributed by atoms with Crippen LogP contribution in [0.3, 0.4) is 0 Å². The zero-order valence-electron chi connectivity index (χ0n) is 23.8. The van der Waals surface area contributed by atoms with E-state index in [0.29, 0.717) is 32.7 Å². The van der Waals surface area contributed by atoms with Crippen LogP contribution in [0.5, 0.6) is 0 Å². The summed E-state index contributed by atoms with van der Waals surface area (Å²) in [4.78, 5) is 24.4. The number of nitrogens with zero attached hydrogens (tertiary/aromatic N) is 1. The fourth-order valence-electron chi connectivity index (χ4n) is 4.65. The highest BCUT2D eigenvalue weighted by molar-refractivity contribution is 5.69. The molecule has 0 amide bonds. The third-order valence-electron chi connectivity index (χ3n) is 7.36. The van der Waals surface area contributed by atoms with Crippen LogP contribution in [0.4, 0.5) is 0 Å². The van der Waals surface area contributed by atoms with Crippen molar-refractivity contribution in [1.82, 2.24) is 4.90 Å². The van der Waals surface area contributed by atoms with Gasteiger partial charge in [0, 0.05) is 26.1 Å². The van der Waals surface area contributed by atoms with Gasteiger partial charge in [-0.15, -0.1) is 0 Å². The summed E-state index contributed by atoms with van der Waals surface area (Å²) < 4.78 is 21.0. The Bertz CT molecular complexity index is 556. The quantitative estimate of drug-likeness (QED) is 0.113. The minimum absolute atomic E-state index is 0.0761. The Balaban J connectivity index is 1.86. The van der Waals surface area contributed by atoms with Crippen LogP contribution in [-0.4, -0.2) is 77.6 Å². The Kier molecular flexibility index (Phi) is 19.9. The Morgan fingerprint density at radius 1 is 0.667 bits per heavy atom. The zero-order valence-corrected chi connectivity index (χ0v) is 23.8. The van der Waals surface area contributed by atoms with Crippen LogP contribution in [0.2, 0.25) is 0 Å². The maximum absolute atomic E-state index is 11.1. The lowest BCUT2D eigenvalue weighted by molar-refractivity contribution is -0.141. The number of esters is 2. The maximum atomic E-state index is 11.1. The Labute approximate surface area is 220 Å². The maximum Gasteiger partial charge on any atom is 0.305 e. The fraction of sp³-hybridized carbons (Fsp3) is 0.931. The van der Waals surface area contributed by atoms with Crippen molar-refractivity contribution in [3.63, 3.8) is 0 Å². The van der Waals surface area contributed by atoms with Gasteiger partial charge in [-0.2, -0.15) is 0 Å². The lowest BCUT2D eigenvalue weighted by atomic mass is 10.0. The summed E-state index contributed by atoms with van der Waals surface area (Å²) in [6.45, 7) is 2.85. The van der Waals surface area contributed by atoms with Crippen LogP contribution in [0.25, 0.3) is 0 Å². The summed E-state index contributed by atoms with van der Waals surface area (Å²) in [5.41, 5.74) is 0. The summed E-state index contributed by atoms with van der Waals surface area (Å²) in [7, 11) is 7.01. The number of hydrogen-bond donors (Lipinski definition) is 0. The van der Waals surface area contributed by atoms with Gasteiger partial charge in [-0.1, -0.05) is 57.8 Å². The fourth-order valence-corrected chi connectivity index (χ4v) is 4.65. The summed E-state index contributed by atoms with van der Waals surface area (Å²) in [5.74, 6) is 1.71. The minimum Gasteiger partial charge on any atom is -0.469 e. The van der Waals surface area contributed by atoms with Gasteiger partial charge in [0.1, 0.15) is 0 Å². The molecule has 0 aromatic rings. The molecule has 0 heterocycles. The van der Waals surface area contributed by atoms with Crippen LogP contribution >= 0.6 is 0 Å². The van der Waals surface area contributed by atoms with Crippen LogP contribution in [0.15, 0.2) is 0 Å². The summed E-state index contributed by atoms with van der Waals surface area (Å²) in [6, 6.07) is 0.261. The number of rotatable bonds is 25. The normalized spacial score (nSPS) is 17.8. The van der Waals surface area contributed by atoms with E-state index in [4.69, 9.17) is 9.47 Å². The van der Waals surface area contributed by atoms with Gasteiger partial charge < -0.3 is 23.8 Å².